The average Bonchev–Trinajstić information content (AvgIpc) is 2.21. The van der Waals surface area contributed by atoms with Crippen LogP contribution in [0.25, 0.3) is 0 Å². The Bertz CT molecular complexity index is 370. The zero-order valence-electron chi connectivity index (χ0n) is 8.74. The van der Waals surface area contributed by atoms with E-state index in [0.29, 0.717) is 0 Å². The largest absolute Gasteiger partial charge is 0.321 e. The van der Waals surface area contributed by atoms with E-state index in [1.807, 2.05) is 31.2 Å². The first-order valence-corrected chi connectivity index (χ1v) is 4.51. The van der Waals surface area contributed by atoms with Crippen molar-refractivity contribution in [3.8, 4) is 0 Å². The Morgan fingerprint density at radius 1 is 1.33 bits per heavy atom. The number of hydrogen-bond acceptors (Lipinski definition) is 4. The van der Waals surface area contributed by atoms with Crippen LogP contribution in [0.4, 0.5) is 5.69 Å². The third-order valence-corrected chi connectivity index (χ3v) is 1.84. The molecule has 0 bridgehead atoms. The molecule has 0 saturated carbocycles. The number of benzene rings is 1. The Balaban J connectivity index is 2.57. The van der Waals surface area contributed by atoms with Crippen molar-refractivity contribution >= 4 is 17.3 Å². The number of Topliss-reactive ketones (excluding diaryl/α,β-unsaturated/α-hetero) is 1. The molecule has 0 atom stereocenters. The van der Waals surface area contributed by atoms with Crippen LogP contribution in [0, 0.1) is 6.92 Å². The lowest BCUT2D eigenvalue weighted by Crippen LogP contribution is -2.35. The number of nitrogens with one attached hydrogen (secondary N) is 2. The number of ketones is 1. The van der Waals surface area contributed by atoms with E-state index in [9.17, 15) is 4.79 Å². The highest BCUT2D eigenvalue weighted by molar-refractivity contribution is 6.37. The summed E-state index contributed by atoms with van der Waals surface area (Å²) in [6.45, 7) is 3.38. The fourth-order valence-electron chi connectivity index (χ4n) is 0.979. The lowest BCUT2D eigenvalue weighted by Gasteiger charge is -2.09. The summed E-state index contributed by atoms with van der Waals surface area (Å²) in [6, 6.07) is 7.68. The number of hydrazone groups is 1. The van der Waals surface area contributed by atoms with Crippen LogP contribution in [0.2, 0.25) is 0 Å². The second kappa shape index (κ2) is 4.99. The normalized spacial score (nSPS) is 10.9. The van der Waals surface area contributed by atoms with Crippen molar-refractivity contribution in [2.24, 2.45) is 10.9 Å². The molecule has 1 aromatic carbocycles. The van der Waals surface area contributed by atoms with Gasteiger partial charge in [-0.25, -0.2) is 0 Å². The van der Waals surface area contributed by atoms with Crippen LogP contribution in [0.3, 0.4) is 0 Å². The average molecular weight is 206 g/mol. The van der Waals surface area contributed by atoms with Gasteiger partial charge in [-0.2, -0.15) is 5.10 Å². The molecule has 1 aromatic rings. The summed E-state index contributed by atoms with van der Waals surface area (Å²) in [5.41, 5.74) is 7.46. The molecule has 0 radical (unpaired) electrons. The molecule has 0 fully saturated rings. The van der Waals surface area contributed by atoms with E-state index in [2.05, 4.69) is 16.0 Å². The molecule has 0 amide bonds. The van der Waals surface area contributed by atoms with Gasteiger partial charge in [0.15, 0.2) is 5.78 Å². The zero-order valence-corrected chi connectivity index (χ0v) is 8.74. The molecule has 5 nitrogen and oxygen atoms in total. The summed E-state index contributed by atoms with van der Waals surface area (Å²) in [5, 5.41) is 3.31. The first-order valence-electron chi connectivity index (χ1n) is 4.51. The minimum absolute atomic E-state index is 0.0931. The predicted molar refractivity (Wildman–Crippen MR) is 60.2 cm³/mol. The van der Waals surface area contributed by atoms with Gasteiger partial charge in [0.2, 0.25) is 5.84 Å². The molecule has 15 heavy (non-hydrogen) atoms. The van der Waals surface area contributed by atoms with E-state index in [4.69, 9.17) is 5.84 Å². The number of carbonyl (C=O) groups excluding carboxylic acids is 1. The van der Waals surface area contributed by atoms with Crippen LogP contribution in [0.5, 0.6) is 0 Å². The van der Waals surface area contributed by atoms with Crippen molar-refractivity contribution in [3.63, 3.8) is 0 Å². The van der Waals surface area contributed by atoms with Crippen LogP contribution in [-0.4, -0.2) is 11.6 Å². The first-order chi connectivity index (χ1) is 7.13. The molecule has 0 aliphatic heterocycles. The van der Waals surface area contributed by atoms with E-state index < -0.39 is 0 Å². The Kier molecular flexibility index (Phi) is 3.68. The van der Waals surface area contributed by atoms with Gasteiger partial charge in [-0.1, -0.05) is 17.7 Å². The Morgan fingerprint density at radius 2 is 1.93 bits per heavy atom. The number of anilines is 1. The fraction of sp³-hybridized carbons (Fsp3) is 0.200. The van der Waals surface area contributed by atoms with Crippen molar-refractivity contribution in [1.29, 1.82) is 0 Å². The number of nitrogens with two attached hydrogens (primary N) is 1. The van der Waals surface area contributed by atoms with Crippen LogP contribution >= 0.6 is 0 Å². The van der Waals surface area contributed by atoms with E-state index in [-0.39, 0.29) is 11.6 Å². The highest BCUT2D eigenvalue weighted by Crippen LogP contribution is 2.06. The second-order valence-corrected chi connectivity index (χ2v) is 3.15. The molecule has 0 aliphatic carbocycles. The van der Waals surface area contributed by atoms with Crippen LogP contribution < -0.4 is 16.7 Å². The number of carbonyl (C=O) groups is 1. The van der Waals surface area contributed by atoms with Gasteiger partial charge in [0, 0.05) is 6.92 Å². The van der Waals surface area contributed by atoms with Crippen LogP contribution in [-0.2, 0) is 4.79 Å². The summed E-state index contributed by atoms with van der Waals surface area (Å²) >= 11 is 0. The maximum Gasteiger partial charge on any atom is 0.207 e. The number of nitrogens with zero attached hydrogens (tertiary/aromatic N) is 1. The minimum atomic E-state index is -0.225. The quantitative estimate of drug-likeness (QED) is 0.295. The van der Waals surface area contributed by atoms with Crippen LogP contribution in [0.15, 0.2) is 29.4 Å². The van der Waals surface area contributed by atoms with Gasteiger partial charge < -0.3 is 5.84 Å². The third kappa shape index (κ3) is 3.30. The molecule has 0 aromatic heterocycles. The summed E-state index contributed by atoms with van der Waals surface area (Å²) in [4.78, 5) is 10.9. The monoisotopic (exact) mass is 206 g/mol. The molecule has 0 heterocycles. The maximum absolute atomic E-state index is 10.9. The molecular formula is C10H14N4O. The summed E-state index contributed by atoms with van der Waals surface area (Å²) in [5.74, 6) is 4.89. The minimum Gasteiger partial charge on any atom is -0.321 e. The van der Waals surface area contributed by atoms with E-state index in [1.54, 1.807) is 0 Å². The van der Waals surface area contributed by atoms with Gasteiger partial charge in [0.05, 0.1) is 5.69 Å². The van der Waals surface area contributed by atoms with Crippen molar-refractivity contribution in [2.45, 2.75) is 13.8 Å². The Morgan fingerprint density at radius 3 is 2.40 bits per heavy atom. The number of rotatable bonds is 3. The molecule has 80 valence electrons. The number of aryl methyl sites for hydroxylation is 1. The number of hydrazine groups is 1. The van der Waals surface area contributed by atoms with Gasteiger partial charge in [-0.3, -0.25) is 15.6 Å². The molecule has 1 rings (SSSR count). The summed E-state index contributed by atoms with van der Waals surface area (Å²) in [6.07, 6.45) is 0. The van der Waals surface area contributed by atoms with Gasteiger partial charge in [-0.05, 0) is 19.1 Å². The SMILES string of the molecule is CC(=O)/C(=N/N)NNc1ccc(C)cc1. The molecule has 0 spiro atoms. The Labute approximate surface area is 88.3 Å². The van der Waals surface area contributed by atoms with Gasteiger partial charge in [0.1, 0.15) is 0 Å². The lowest BCUT2D eigenvalue weighted by atomic mass is 10.2. The van der Waals surface area contributed by atoms with Crippen LogP contribution in [0.1, 0.15) is 12.5 Å². The van der Waals surface area contributed by atoms with Gasteiger partial charge in [0.25, 0.3) is 0 Å². The maximum atomic E-state index is 10.9. The highest BCUT2D eigenvalue weighted by Gasteiger charge is 2.03. The number of hydrogen-bond donors (Lipinski definition) is 3. The molecule has 5 heteroatoms. The highest BCUT2D eigenvalue weighted by atomic mass is 16.1. The van der Waals surface area contributed by atoms with Crippen molar-refractivity contribution in [1.82, 2.24) is 5.43 Å². The molecule has 4 N–H and O–H groups in total. The van der Waals surface area contributed by atoms with E-state index >= 15 is 0 Å². The topological polar surface area (TPSA) is 79.5 Å². The summed E-state index contributed by atoms with van der Waals surface area (Å²) < 4.78 is 0. The molecule has 0 saturated heterocycles. The van der Waals surface area contributed by atoms with Crippen molar-refractivity contribution < 1.29 is 4.79 Å². The molecule has 0 unspecified atom stereocenters. The van der Waals surface area contributed by atoms with Gasteiger partial charge >= 0.3 is 0 Å². The van der Waals surface area contributed by atoms with Crippen molar-refractivity contribution in [2.75, 3.05) is 5.43 Å². The molecular weight excluding hydrogens is 192 g/mol. The zero-order chi connectivity index (χ0) is 11.3. The molecule has 0 aliphatic rings. The van der Waals surface area contributed by atoms with Crippen molar-refractivity contribution in [3.05, 3.63) is 29.8 Å². The second-order valence-electron chi connectivity index (χ2n) is 3.15. The standard InChI is InChI=1S/C10H14N4O/c1-7-3-5-9(6-4-7)13-14-10(12-11)8(2)15/h3-6,13H,11H2,1-2H3,(H,12,14). The summed E-state index contributed by atoms with van der Waals surface area (Å²) in [7, 11) is 0. The first kappa shape index (κ1) is 11.0. The fourth-order valence-corrected chi connectivity index (χ4v) is 0.979. The Hall–Kier alpha value is -2.04. The smallest absolute Gasteiger partial charge is 0.207 e. The van der Waals surface area contributed by atoms with E-state index in [1.165, 1.54) is 12.5 Å². The predicted octanol–water partition coefficient (Wildman–Crippen LogP) is 0.773. The van der Waals surface area contributed by atoms with Gasteiger partial charge in [-0.15, -0.1) is 0 Å². The third-order valence-electron chi connectivity index (χ3n) is 1.84. The van der Waals surface area contributed by atoms with E-state index in [0.717, 1.165) is 5.69 Å². The lowest BCUT2D eigenvalue weighted by molar-refractivity contribution is -0.111. The number of amidine groups is 1.